The van der Waals surface area contributed by atoms with E-state index < -0.39 is 0 Å². The Labute approximate surface area is 257 Å². The molecule has 0 aliphatic rings. The zero-order valence-corrected chi connectivity index (χ0v) is 27.0. The second-order valence-electron chi connectivity index (χ2n) is 12.1. The highest BCUT2D eigenvalue weighted by Crippen LogP contribution is 2.29. The topological polar surface area (TPSA) is 35.5 Å². The second-order valence-corrected chi connectivity index (χ2v) is 13.2. The highest BCUT2D eigenvalue weighted by molar-refractivity contribution is 7.99. The van der Waals surface area contributed by atoms with Crippen LogP contribution in [0.25, 0.3) is 5.57 Å². The van der Waals surface area contributed by atoms with E-state index in [1.54, 1.807) is 18.7 Å². The Morgan fingerprint density at radius 1 is 0.810 bits per heavy atom. The largest absolute Gasteiger partial charge is 0.482 e. The first-order valence-electron chi connectivity index (χ1n) is 14.3. The van der Waals surface area contributed by atoms with Crippen LogP contribution in [0.4, 0.5) is 0 Å². The Hall–Kier alpha value is -3.86. The first-order chi connectivity index (χ1) is 19.8. The molecule has 0 bridgehead atoms. The number of ether oxygens (including phenoxy) is 2. The molecule has 0 saturated carbocycles. The lowest BCUT2D eigenvalue weighted by molar-refractivity contribution is -0.145. The minimum Gasteiger partial charge on any atom is -0.482 e. The zero-order valence-electron chi connectivity index (χ0n) is 26.2. The number of benzene rings is 3. The summed E-state index contributed by atoms with van der Waals surface area (Å²) in [5, 5.41) is 0. The Bertz CT molecular complexity index is 1430. The molecule has 218 valence electrons. The molecule has 0 aromatic heterocycles. The molecule has 0 amide bonds. The molecule has 0 spiro atoms. The number of rotatable bonds is 9. The van der Waals surface area contributed by atoms with Crippen molar-refractivity contribution < 1.29 is 14.3 Å². The number of thioether (sulfide) groups is 1. The van der Waals surface area contributed by atoms with E-state index in [0.29, 0.717) is 12.4 Å². The number of esters is 1. The van der Waals surface area contributed by atoms with Gasteiger partial charge in [0.05, 0.1) is 6.61 Å². The van der Waals surface area contributed by atoms with Crippen LogP contribution in [0.5, 0.6) is 5.75 Å². The molecule has 0 fully saturated rings. The summed E-state index contributed by atoms with van der Waals surface area (Å²) in [6.07, 6.45) is 2.27. The van der Waals surface area contributed by atoms with Crippen molar-refractivity contribution in [3.05, 3.63) is 101 Å². The van der Waals surface area contributed by atoms with Crippen LogP contribution in [0.3, 0.4) is 0 Å². The molecule has 3 nitrogen and oxygen atoms in total. The lowest BCUT2D eigenvalue weighted by atomic mass is 9.94. The predicted octanol–water partition coefficient (Wildman–Crippen LogP) is 8.96. The Kier molecular flexibility index (Phi) is 11.6. The summed E-state index contributed by atoms with van der Waals surface area (Å²) < 4.78 is 10.6. The van der Waals surface area contributed by atoms with Crippen molar-refractivity contribution in [3.63, 3.8) is 0 Å². The summed E-state index contributed by atoms with van der Waals surface area (Å²) in [4.78, 5) is 12.8. The van der Waals surface area contributed by atoms with Crippen molar-refractivity contribution in [2.45, 2.75) is 60.3 Å². The van der Waals surface area contributed by atoms with Crippen molar-refractivity contribution in [3.8, 4) is 29.4 Å². The van der Waals surface area contributed by atoms with Gasteiger partial charge in [-0.05, 0) is 120 Å². The minimum absolute atomic E-state index is 0.0395. The van der Waals surface area contributed by atoms with Crippen LogP contribution < -0.4 is 4.74 Å². The fraction of sp³-hybridized carbons (Fsp3) is 0.342. The molecule has 0 atom stereocenters. The first-order valence-corrected chi connectivity index (χ1v) is 15.3. The van der Waals surface area contributed by atoms with Crippen LogP contribution in [0.2, 0.25) is 0 Å². The molecular formula is C38H42O3S. The molecule has 0 aliphatic carbocycles. The molecular weight excluding hydrogens is 536 g/mol. The summed E-state index contributed by atoms with van der Waals surface area (Å²) in [5.74, 6) is 14.3. The van der Waals surface area contributed by atoms with Gasteiger partial charge in [0.2, 0.25) is 0 Å². The minimum atomic E-state index is -0.364. The summed E-state index contributed by atoms with van der Waals surface area (Å²) in [6, 6.07) is 23.0. The van der Waals surface area contributed by atoms with Crippen molar-refractivity contribution in [2.75, 3.05) is 19.0 Å². The molecule has 3 aromatic carbocycles. The lowest BCUT2D eigenvalue weighted by Gasteiger charge is -2.12. The van der Waals surface area contributed by atoms with Crippen molar-refractivity contribution in [1.29, 1.82) is 0 Å². The molecule has 0 unspecified atom stereocenters. The maximum atomic E-state index is 11.6. The quantitative estimate of drug-likeness (QED) is 0.144. The molecule has 3 rings (SSSR count). The van der Waals surface area contributed by atoms with Crippen LogP contribution in [-0.2, 0) is 9.53 Å². The van der Waals surface area contributed by atoms with E-state index in [-0.39, 0.29) is 23.4 Å². The molecule has 4 heteroatoms. The van der Waals surface area contributed by atoms with Gasteiger partial charge in [0, 0.05) is 32.6 Å². The number of hydrogen-bond donors (Lipinski definition) is 0. The van der Waals surface area contributed by atoms with Crippen LogP contribution in [0, 0.1) is 41.4 Å². The number of hydrogen-bond acceptors (Lipinski definition) is 4. The molecule has 0 aliphatic heterocycles. The maximum absolute atomic E-state index is 11.6. The summed E-state index contributed by atoms with van der Waals surface area (Å²) in [6.45, 7) is 16.7. The highest BCUT2D eigenvalue weighted by Gasteiger charge is 2.09. The average molecular weight is 579 g/mol. The fourth-order valence-corrected chi connectivity index (χ4v) is 4.69. The third kappa shape index (κ3) is 11.2. The Morgan fingerprint density at radius 3 is 1.79 bits per heavy atom. The molecule has 0 heterocycles. The van der Waals surface area contributed by atoms with Gasteiger partial charge in [-0.1, -0.05) is 54.0 Å². The fourth-order valence-electron chi connectivity index (χ4n) is 3.82. The Morgan fingerprint density at radius 2 is 1.33 bits per heavy atom. The first kappa shape index (κ1) is 32.7. The zero-order chi connectivity index (χ0) is 30.8. The van der Waals surface area contributed by atoms with Gasteiger partial charge in [-0.3, -0.25) is 0 Å². The van der Waals surface area contributed by atoms with Crippen LogP contribution in [0.15, 0.2) is 77.7 Å². The molecule has 42 heavy (non-hydrogen) atoms. The van der Waals surface area contributed by atoms with E-state index in [2.05, 4.69) is 126 Å². The smallest absolute Gasteiger partial charge is 0.344 e. The van der Waals surface area contributed by atoms with E-state index in [1.165, 1.54) is 5.57 Å². The van der Waals surface area contributed by atoms with Gasteiger partial charge in [-0.2, -0.15) is 0 Å². The van der Waals surface area contributed by atoms with Gasteiger partial charge in [-0.15, -0.1) is 11.8 Å². The van der Waals surface area contributed by atoms with E-state index in [4.69, 9.17) is 9.47 Å². The van der Waals surface area contributed by atoms with Gasteiger partial charge >= 0.3 is 5.97 Å². The summed E-state index contributed by atoms with van der Waals surface area (Å²) in [5.41, 5.74) is 6.37. The van der Waals surface area contributed by atoms with Crippen LogP contribution >= 0.6 is 11.8 Å². The number of carbonyl (C=O) groups is 1. The van der Waals surface area contributed by atoms with Gasteiger partial charge in [0.15, 0.2) is 6.61 Å². The third-order valence-corrected chi connectivity index (χ3v) is 6.81. The van der Waals surface area contributed by atoms with E-state index in [0.717, 1.165) is 38.5 Å². The van der Waals surface area contributed by atoms with Crippen molar-refractivity contribution in [1.82, 2.24) is 0 Å². The number of aryl methyl sites for hydroxylation is 1. The van der Waals surface area contributed by atoms with E-state index in [9.17, 15) is 4.79 Å². The summed E-state index contributed by atoms with van der Waals surface area (Å²) in [7, 11) is 0. The predicted molar refractivity (Wildman–Crippen MR) is 177 cm³/mol. The molecule has 0 N–H and O–H groups in total. The third-order valence-electron chi connectivity index (χ3n) is 5.89. The van der Waals surface area contributed by atoms with Gasteiger partial charge in [0.1, 0.15) is 5.75 Å². The van der Waals surface area contributed by atoms with Crippen LogP contribution in [-0.4, -0.2) is 24.9 Å². The second kappa shape index (κ2) is 14.9. The molecule has 0 saturated heterocycles. The standard InChI is InChI=1S/C38H42O3S/c1-9-40-36(39)27-41-35-19-18-33(26-28(35)2)42-25-22-34(31-14-10-29(11-15-31)20-23-37(3,4)5)32-16-12-30(13-17-32)21-24-38(6,7)8/h10-19,22,26H,9,25,27H2,1-8H3. The van der Waals surface area contributed by atoms with E-state index in [1.807, 2.05) is 19.1 Å². The summed E-state index contributed by atoms with van der Waals surface area (Å²) >= 11 is 1.75. The molecule has 3 aromatic rings. The monoisotopic (exact) mass is 578 g/mol. The normalized spacial score (nSPS) is 11.0. The van der Waals surface area contributed by atoms with Gasteiger partial charge in [0.25, 0.3) is 0 Å². The van der Waals surface area contributed by atoms with Gasteiger partial charge < -0.3 is 9.47 Å². The average Bonchev–Trinajstić information content (AvgIpc) is 2.93. The van der Waals surface area contributed by atoms with Crippen molar-refractivity contribution in [2.24, 2.45) is 10.8 Å². The highest BCUT2D eigenvalue weighted by atomic mass is 32.2. The lowest BCUT2D eigenvalue weighted by Crippen LogP contribution is -2.14. The molecule has 0 radical (unpaired) electrons. The van der Waals surface area contributed by atoms with Crippen LogP contribution in [0.1, 0.15) is 76.3 Å². The Balaban J connectivity index is 1.83. The van der Waals surface area contributed by atoms with E-state index >= 15 is 0 Å². The maximum Gasteiger partial charge on any atom is 0.344 e. The number of carbonyl (C=O) groups excluding carboxylic acids is 1. The van der Waals surface area contributed by atoms with Gasteiger partial charge in [-0.25, -0.2) is 4.79 Å². The SMILES string of the molecule is CCOC(=O)COc1ccc(SCC=C(c2ccc(C#CC(C)(C)C)cc2)c2ccc(C#CC(C)(C)C)cc2)cc1C. The van der Waals surface area contributed by atoms with Crippen molar-refractivity contribution >= 4 is 23.3 Å².